The summed E-state index contributed by atoms with van der Waals surface area (Å²) in [6, 6.07) is 8.27. The van der Waals surface area contributed by atoms with E-state index < -0.39 is 6.03 Å². The first-order chi connectivity index (χ1) is 12.6. The third kappa shape index (κ3) is 3.77. The molecule has 0 fully saturated rings. The average molecular weight is 354 g/mol. The predicted molar refractivity (Wildman–Crippen MR) is 93.9 cm³/mol. The van der Waals surface area contributed by atoms with Crippen molar-refractivity contribution >= 4 is 11.7 Å². The van der Waals surface area contributed by atoms with Crippen LogP contribution in [0.1, 0.15) is 5.56 Å². The van der Waals surface area contributed by atoms with E-state index in [9.17, 15) is 4.79 Å². The highest BCUT2D eigenvalue weighted by Crippen LogP contribution is 2.20. The van der Waals surface area contributed by atoms with Gasteiger partial charge in [-0.25, -0.2) is 31.2 Å². The summed E-state index contributed by atoms with van der Waals surface area (Å²) in [5, 5.41) is 6.13. The number of rotatable bonds is 5. The van der Waals surface area contributed by atoms with E-state index in [0.29, 0.717) is 22.9 Å². The fraction of sp³-hybridized carbons (Fsp3) is 0.125. The molecule has 0 unspecified atom stereocenters. The van der Waals surface area contributed by atoms with Crippen molar-refractivity contribution in [2.24, 2.45) is 11.7 Å². The quantitative estimate of drug-likeness (QED) is 0.395. The zero-order valence-electron chi connectivity index (χ0n) is 14.1. The van der Waals surface area contributed by atoms with Crippen molar-refractivity contribution in [2.75, 3.05) is 12.1 Å². The SMILES string of the molecule is CN(N)C(=O)N(N)c1ccncc1COc1ccn(-c2ccccn2)n1. The predicted octanol–water partition coefficient (Wildman–Crippen LogP) is 0.847. The van der Waals surface area contributed by atoms with E-state index in [2.05, 4.69) is 15.1 Å². The monoisotopic (exact) mass is 354 g/mol. The van der Waals surface area contributed by atoms with Crippen molar-refractivity contribution in [2.45, 2.75) is 6.61 Å². The highest BCUT2D eigenvalue weighted by atomic mass is 16.5. The first-order valence-corrected chi connectivity index (χ1v) is 7.66. The second kappa shape index (κ2) is 7.59. The Bertz CT molecular complexity index is 881. The molecule has 0 aromatic carbocycles. The summed E-state index contributed by atoms with van der Waals surface area (Å²) in [4.78, 5) is 20.2. The van der Waals surface area contributed by atoms with Crippen LogP contribution in [0, 0.1) is 0 Å². The minimum absolute atomic E-state index is 0.123. The standard InChI is InChI=1S/C16H18N8O2/c1-22(17)16(25)24(18)13-5-8-19-10-12(13)11-26-15-6-9-23(21-15)14-4-2-3-7-20-14/h2-10H,11,17-18H2,1H3. The summed E-state index contributed by atoms with van der Waals surface area (Å²) in [6.07, 6.45) is 6.51. The number of hydrogen-bond acceptors (Lipinski definition) is 7. The Labute approximate surface area is 149 Å². The summed E-state index contributed by atoms with van der Waals surface area (Å²) < 4.78 is 7.29. The number of anilines is 1. The van der Waals surface area contributed by atoms with E-state index in [-0.39, 0.29) is 6.61 Å². The van der Waals surface area contributed by atoms with E-state index in [1.165, 1.54) is 13.2 Å². The molecule has 0 aliphatic rings. The number of carbonyl (C=O) groups is 1. The molecule has 3 aromatic heterocycles. The van der Waals surface area contributed by atoms with E-state index in [0.717, 1.165) is 10.0 Å². The zero-order chi connectivity index (χ0) is 18.5. The normalized spacial score (nSPS) is 10.4. The van der Waals surface area contributed by atoms with Crippen LogP contribution in [0.5, 0.6) is 5.88 Å². The highest BCUT2D eigenvalue weighted by molar-refractivity contribution is 5.90. The highest BCUT2D eigenvalue weighted by Gasteiger charge is 2.18. The number of ether oxygens (including phenoxy) is 1. The van der Waals surface area contributed by atoms with Gasteiger partial charge in [0.05, 0.1) is 5.69 Å². The Morgan fingerprint density at radius 3 is 2.81 bits per heavy atom. The molecular formula is C16H18N8O2. The molecule has 0 saturated heterocycles. The third-order valence-electron chi connectivity index (χ3n) is 3.47. The molecule has 2 amide bonds. The molecule has 3 heterocycles. The van der Waals surface area contributed by atoms with Gasteiger partial charge in [0.15, 0.2) is 5.82 Å². The summed E-state index contributed by atoms with van der Waals surface area (Å²) in [5.74, 6) is 12.4. The van der Waals surface area contributed by atoms with Crippen molar-refractivity contribution in [1.29, 1.82) is 0 Å². The van der Waals surface area contributed by atoms with Gasteiger partial charge in [0.25, 0.3) is 0 Å². The van der Waals surface area contributed by atoms with Crippen LogP contribution < -0.4 is 21.4 Å². The fourth-order valence-corrected chi connectivity index (χ4v) is 2.19. The molecule has 134 valence electrons. The van der Waals surface area contributed by atoms with Crippen LogP contribution >= 0.6 is 0 Å². The van der Waals surface area contributed by atoms with Gasteiger partial charge in [0, 0.05) is 43.5 Å². The number of urea groups is 1. The van der Waals surface area contributed by atoms with Crippen LogP contribution in [0.2, 0.25) is 0 Å². The van der Waals surface area contributed by atoms with Crippen molar-refractivity contribution in [1.82, 2.24) is 24.8 Å². The van der Waals surface area contributed by atoms with Crippen LogP contribution in [0.15, 0.2) is 55.1 Å². The maximum absolute atomic E-state index is 11.9. The zero-order valence-corrected chi connectivity index (χ0v) is 14.1. The maximum Gasteiger partial charge on any atom is 0.352 e. The van der Waals surface area contributed by atoms with Crippen molar-refractivity contribution in [3.63, 3.8) is 0 Å². The summed E-state index contributed by atoms with van der Waals surface area (Å²) in [6.45, 7) is 0.123. The van der Waals surface area contributed by atoms with E-state index >= 15 is 0 Å². The molecule has 26 heavy (non-hydrogen) atoms. The molecule has 0 saturated carbocycles. The Kier molecular flexibility index (Phi) is 5.06. The summed E-state index contributed by atoms with van der Waals surface area (Å²) in [7, 11) is 1.41. The third-order valence-corrected chi connectivity index (χ3v) is 3.47. The Hall–Kier alpha value is -3.50. The Morgan fingerprint density at radius 1 is 1.23 bits per heavy atom. The molecule has 0 atom stereocenters. The minimum atomic E-state index is -0.572. The molecular weight excluding hydrogens is 336 g/mol. The molecule has 0 spiro atoms. The second-order valence-electron chi connectivity index (χ2n) is 5.34. The van der Waals surface area contributed by atoms with Crippen LogP contribution in [0.3, 0.4) is 0 Å². The first-order valence-electron chi connectivity index (χ1n) is 7.66. The smallest absolute Gasteiger partial charge is 0.352 e. The fourth-order valence-electron chi connectivity index (χ4n) is 2.19. The molecule has 0 radical (unpaired) electrons. The lowest BCUT2D eigenvalue weighted by Crippen LogP contribution is -2.49. The average Bonchev–Trinajstić information content (AvgIpc) is 3.15. The number of hydrazine groups is 2. The van der Waals surface area contributed by atoms with Gasteiger partial charge in [0.1, 0.15) is 6.61 Å². The van der Waals surface area contributed by atoms with Gasteiger partial charge in [-0.3, -0.25) is 9.99 Å². The second-order valence-corrected chi connectivity index (χ2v) is 5.34. The van der Waals surface area contributed by atoms with Crippen molar-refractivity contribution < 1.29 is 9.53 Å². The Morgan fingerprint density at radius 2 is 2.08 bits per heavy atom. The number of nitrogens with zero attached hydrogens (tertiary/aromatic N) is 6. The van der Waals surface area contributed by atoms with Crippen LogP contribution in [-0.4, -0.2) is 37.8 Å². The maximum atomic E-state index is 11.9. The van der Waals surface area contributed by atoms with E-state index in [4.69, 9.17) is 16.4 Å². The lowest BCUT2D eigenvalue weighted by molar-refractivity contribution is 0.216. The number of carbonyl (C=O) groups excluding carboxylic acids is 1. The van der Waals surface area contributed by atoms with Crippen LogP contribution in [-0.2, 0) is 6.61 Å². The molecule has 0 aliphatic heterocycles. The van der Waals surface area contributed by atoms with Gasteiger partial charge in [0.2, 0.25) is 5.88 Å². The number of hydrogen-bond donors (Lipinski definition) is 2. The number of aromatic nitrogens is 4. The van der Waals surface area contributed by atoms with Crippen LogP contribution in [0.25, 0.3) is 5.82 Å². The molecule has 4 N–H and O–H groups in total. The van der Waals surface area contributed by atoms with E-state index in [1.54, 1.807) is 35.4 Å². The number of nitrogens with two attached hydrogens (primary N) is 2. The summed E-state index contributed by atoms with van der Waals surface area (Å²) >= 11 is 0. The molecule has 0 aliphatic carbocycles. The largest absolute Gasteiger partial charge is 0.472 e. The van der Waals surface area contributed by atoms with Gasteiger partial charge in [-0.05, 0) is 18.2 Å². The van der Waals surface area contributed by atoms with Gasteiger partial charge in [-0.15, -0.1) is 5.10 Å². The number of amides is 2. The van der Waals surface area contributed by atoms with Crippen molar-refractivity contribution in [3.05, 3.63) is 60.7 Å². The Balaban J connectivity index is 1.73. The van der Waals surface area contributed by atoms with Crippen LogP contribution in [0.4, 0.5) is 10.5 Å². The van der Waals surface area contributed by atoms with Crippen molar-refractivity contribution in [3.8, 4) is 11.7 Å². The lowest BCUT2D eigenvalue weighted by atomic mass is 10.2. The molecule has 10 nitrogen and oxygen atoms in total. The van der Waals surface area contributed by atoms with Gasteiger partial charge >= 0.3 is 6.03 Å². The minimum Gasteiger partial charge on any atom is -0.472 e. The summed E-state index contributed by atoms with van der Waals surface area (Å²) in [5.41, 5.74) is 1.05. The molecule has 3 aromatic rings. The first kappa shape index (κ1) is 17.3. The molecule has 0 bridgehead atoms. The van der Waals surface area contributed by atoms with Gasteiger partial charge < -0.3 is 4.74 Å². The molecule has 10 heteroatoms. The molecule has 3 rings (SSSR count). The number of pyridine rings is 2. The van der Waals surface area contributed by atoms with E-state index in [1.807, 2.05) is 18.2 Å². The van der Waals surface area contributed by atoms with Gasteiger partial charge in [-0.1, -0.05) is 6.07 Å². The van der Waals surface area contributed by atoms with Gasteiger partial charge in [-0.2, -0.15) is 0 Å². The topological polar surface area (TPSA) is 128 Å². The lowest BCUT2D eigenvalue weighted by Gasteiger charge is -2.22.